The van der Waals surface area contributed by atoms with E-state index in [0.29, 0.717) is 19.3 Å². The lowest BCUT2D eigenvalue weighted by Crippen LogP contribution is -2.55. The molecule has 13 heteroatoms. The fourth-order valence-corrected chi connectivity index (χ4v) is 10.2. The summed E-state index contributed by atoms with van der Waals surface area (Å²) in [4.78, 5) is 25.8. The summed E-state index contributed by atoms with van der Waals surface area (Å²) in [5, 5.41) is 21.5. The minimum atomic E-state index is -4.32. The van der Waals surface area contributed by atoms with Crippen molar-refractivity contribution in [3.8, 4) is 0 Å². The zero-order valence-corrected chi connectivity index (χ0v) is 39.7. The Morgan fingerprint density at radius 1 is 0.623 bits per heavy atom. The molecule has 1 heterocycles. The Balaban J connectivity index is 1.43. The van der Waals surface area contributed by atoms with Crippen LogP contribution in [0.2, 0.25) is 0 Å². The van der Waals surface area contributed by atoms with Crippen molar-refractivity contribution in [1.82, 2.24) is 0 Å². The van der Waals surface area contributed by atoms with Crippen molar-refractivity contribution in [3.05, 3.63) is 0 Å². The standard InChI is InChI=1S/C48H89O12P/c1-4-6-8-10-12-14-16-18-20-22-24-26-29-33-43(50)55-38-40(57-44(51)34-30-27-25-23-21-19-17-15-13-11-9-7-5-2)39-56-61(53,54-3)60-42-37-41(49)45(52)47-46(42)58-48(59-47)35-31-28-32-36-48/h40-42,45-47,49,52H,4-39H2,1-3H3/t40?,41-,42+,45+,46+,47-,61?/m1/s1. The van der Waals surface area contributed by atoms with Gasteiger partial charge in [0.25, 0.3) is 0 Å². The molecule has 2 N–H and O–H groups in total. The summed E-state index contributed by atoms with van der Waals surface area (Å²) in [6.07, 6.45) is 29.8. The number of hydrogen-bond donors (Lipinski definition) is 2. The van der Waals surface area contributed by atoms with Gasteiger partial charge in [-0.3, -0.25) is 23.2 Å². The zero-order chi connectivity index (χ0) is 44.0. The Hall–Kier alpha value is -1.11. The van der Waals surface area contributed by atoms with Gasteiger partial charge in [0.1, 0.15) is 31.0 Å². The van der Waals surface area contributed by atoms with E-state index in [9.17, 15) is 24.4 Å². The number of hydrogen-bond acceptors (Lipinski definition) is 12. The molecule has 2 aliphatic carbocycles. The average Bonchev–Trinajstić information content (AvgIpc) is 3.63. The third kappa shape index (κ3) is 22.6. The van der Waals surface area contributed by atoms with E-state index in [1.165, 1.54) is 129 Å². The van der Waals surface area contributed by atoms with Crippen molar-refractivity contribution in [3.63, 3.8) is 0 Å². The number of rotatable bonds is 37. The Morgan fingerprint density at radius 3 is 1.54 bits per heavy atom. The topological polar surface area (TPSA) is 156 Å². The van der Waals surface area contributed by atoms with Crippen LogP contribution in [-0.2, 0) is 46.7 Å². The monoisotopic (exact) mass is 889 g/mol. The summed E-state index contributed by atoms with van der Waals surface area (Å²) in [6.45, 7) is 3.83. The van der Waals surface area contributed by atoms with Gasteiger partial charge in [0, 0.05) is 39.2 Å². The van der Waals surface area contributed by atoms with Gasteiger partial charge in [0.2, 0.25) is 0 Å². The SMILES string of the molecule is CCCCCCCCCCCCCCCC(=O)OCC(COP(=O)(OC)O[C@H]1C[C@@H](O)[C@H](O)[C@H]2OC3(CCCCC3)O[C@H]21)OC(=O)CCCCCCCCCCCCCCC. The normalized spacial score (nSPS) is 23.7. The van der Waals surface area contributed by atoms with Crippen LogP contribution in [0.4, 0.5) is 0 Å². The van der Waals surface area contributed by atoms with E-state index in [2.05, 4.69) is 13.8 Å². The maximum absolute atomic E-state index is 13.9. The van der Waals surface area contributed by atoms with E-state index in [0.717, 1.165) is 57.8 Å². The number of carbonyl (C=O) groups is 2. The van der Waals surface area contributed by atoms with E-state index in [1.54, 1.807) is 0 Å². The van der Waals surface area contributed by atoms with Gasteiger partial charge in [-0.25, -0.2) is 4.57 Å². The highest BCUT2D eigenvalue weighted by molar-refractivity contribution is 7.48. The van der Waals surface area contributed by atoms with Crippen LogP contribution in [0.5, 0.6) is 0 Å². The number of fused-ring (bicyclic) bond motifs is 1. The predicted molar refractivity (Wildman–Crippen MR) is 239 cm³/mol. The summed E-state index contributed by atoms with van der Waals surface area (Å²) < 4.78 is 54.8. The summed E-state index contributed by atoms with van der Waals surface area (Å²) in [7, 11) is -3.13. The minimum absolute atomic E-state index is 0.0766. The number of esters is 2. The van der Waals surface area contributed by atoms with Crippen LogP contribution < -0.4 is 0 Å². The molecule has 358 valence electrons. The van der Waals surface area contributed by atoms with Crippen LogP contribution in [0.25, 0.3) is 0 Å². The largest absolute Gasteiger partial charge is 0.475 e. The van der Waals surface area contributed by atoms with Gasteiger partial charge in [0.15, 0.2) is 11.9 Å². The summed E-state index contributed by atoms with van der Waals surface area (Å²) in [6, 6.07) is 0. The first-order chi connectivity index (χ1) is 29.6. The molecule has 0 aromatic carbocycles. The molecular weight excluding hydrogens is 799 g/mol. The smallest absolute Gasteiger partial charge is 0.462 e. The van der Waals surface area contributed by atoms with Crippen LogP contribution in [0.1, 0.15) is 232 Å². The highest BCUT2D eigenvalue weighted by atomic mass is 31.2. The van der Waals surface area contributed by atoms with Crippen molar-refractivity contribution in [2.45, 2.75) is 275 Å². The predicted octanol–water partition coefficient (Wildman–Crippen LogP) is 12.1. The lowest BCUT2D eigenvalue weighted by Gasteiger charge is -2.38. The van der Waals surface area contributed by atoms with Gasteiger partial charge < -0.3 is 29.2 Å². The van der Waals surface area contributed by atoms with Crippen molar-refractivity contribution >= 4 is 19.8 Å². The molecule has 61 heavy (non-hydrogen) atoms. The average molecular weight is 889 g/mol. The number of ether oxygens (including phenoxy) is 4. The van der Waals surface area contributed by atoms with Gasteiger partial charge in [-0.05, 0) is 25.7 Å². The van der Waals surface area contributed by atoms with Gasteiger partial charge >= 0.3 is 19.8 Å². The Labute approximate surface area is 370 Å². The van der Waals surface area contributed by atoms with Crippen molar-refractivity contribution in [2.24, 2.45) is 0 Å². The molecule has 3 aliphatic rings. The highest BCUT2D eigenvalue weighted by Crippen LogP contribution is 2.54. The Bertz CT molecular complexity index is 1180. The second-order valence-electron chi connectivity index (χ2n) is 18.3. The first-order valence-electron chi connectivity index (χ1n) is 25.2. The summed E-state index contributed by atoms with van der Waals surface area (Å²) >= 11 is 0. The maximum atomic E-state index is 13.9. The molecule has 2 saturated carbocycles. The van der Waals surface area contributed by atoms with E-state index in [-0.39, 0.29) is 31.8 Å². The third-order valence-corrected chi connectivity index (χ3v) is 14.3. The van der Waals surface area contributed by atoms with E-state index >= 15 is 0 Å². The lowest BCUT2D eigenvalue weighted by molar-refractivity contribution is -0.202. The first kappa shape index (κ1) is 54.2. The molecule has 1 saturated heterocycles. The molecule has 3 fully saturated rings. The van der Waals surface area contributed by atoms with E-state index in [4.69, 9.17) is 32.5 Å². The minimum Gasteiger partial charge on any atom is -0.462 e. The van der Waals surface area contributed by atoms with Crippen molar-refractivity contribution in [2.75, 3.05) is 20.3 Å². The highest BCUT2D eigenvalue weighted by Gasteiger charge is 2.58. The van der Waals surface area contributed by atoms with Gasteiger partial charge in [-0.1, -0.05) is 174 Å². The second kappa shape index (κ2) is 32.5. The fraction of sp³-hybridized carbons (Fsp3) is 0.958. The van der Waals surface area contributed by atoms with E-state index in [1.807, 2.05) is 0 Å². The fourth-order valence-electron chi connectivity index (χ4n) is 9.03. The number of unbranched alkanes of at least 4 members (excludes halogenated alkanes) is 24. The molecule has 1 aliphatic heterocycles. The second-order valence-corrected chi connectivity index (χ2v) is 20.0. The molecule has 0 aromatic rings. The molecule has 0 bridgehead atoms. The number of aliphatic hydroxyl groups excluding tert-OH is 2. The van der Waals surface area contributed by atoms with Crippen molar-refractivity contribution < 1.29 is 56.9 Å². The Kier molecular flexibility index (Phi) is 28.9. The first-order valence-corrected chi connectivity index (χ1v) is 26.7. The number of phosphoric acid groups is 1. The maximum Gasteiger partial charge on any atom is 0.475 e. The third-order valence-electron chi connectivity index (χ3n) is 12.8. The molecule has 12 nitrogen and oxygen atoms in total. The molecular formula is C48H89O12P. The van der Waals surface area contributed by atoms with Gasteiger partial charge in [-0.15, -0.1) is 0 Å². The molecule has 7 atom stereocenters. The summed E-state index contributed by atoms with van der Waals surface area (Å²) in [5.74, 6) is -1.72. The molecule has 0 amide bonds. The van der Waals surface area contributed by atoms with Crippen LogP contribution in [0, 0.1) is 0 Å². The zero-order valence-electron chi connectivity index (χ0n) is 38.8. The number of aliphatic hydroxyl groups is 2. The van der Waals surface area contributed by atoms with Crippen LogP contribution in [0.15, 0.2) is 0 Å². The molecule has 0 radical (unpaired) electrons. The molecule has 1 spiro atoms. The number of phosphoric ester groups is 1. The van der Waals surface area contributed by atoms with Crippen LogP contribution >= 0.6 is 7.82 Å². The van der Waals surface area contributed by atoms with Gasteiger partial charge in [0.05, 0.1) is 12.7 Å². The van der Waals surface area contributed by atoms with Crippen molar-refractivity contribution in [1.29, 1.82) is 0 Å². The molecule has 0 aromatic heterocycles. The summed E-state index contributed by atoms with van der Waals surface area (Å²) in [5.41, 5.74) is 0. The lowest BCUT2D eigenvalue weighted by atomic mass is 9.87. The van der Waals surface area contributed by atoms with Crippen LogP contribution in [0.3, 0.4) is 0 Å². The number of carbonyl (C=O) groups excluding carboxylic acids is 2. The quantitative estimate of drug-likeness (QED) is 0.0346. The molecule has 2 unspecified atom stereocenters. The van der Waals surface area contributed by atoms with Gasteiger partial charge in [-0.2, -0.15) is 0 Å². The van der Waals surface area contributed by atoms with E-state index < -0.39 is 62.8 Å². The Morgan fingerprint density at radius 2 is 1.07 bits per heavy atom. The molecule has 3 rings (SSSR count). The van der Waals surface area contributed by atoms with Crippen LogP contribution in [-0.4, -0.2) is 84.9 Å².